The van der Waals surface area contributed by atoms with E-state index in [0.717, 1.165) is 19.3 Å². The number of nitrogens with two attached hydrogens (primary N) is 1. The Kier molecular flexibility index (Phi) is 4.59. The van der Waals surface area contributed by atoms with Crippen LogP contribution < -0.4 is 5.73 Å². The van der Waals surface area contributed by atoms with Gasteiger partial charge < -0.3 is 10.5 Å². The van der Waals surface area contributed by atoms with Gasteiger partial charge in [0.05, 0.1) is 12.6 Å². The average Bonchev–Trinajstić information content (AvgIpc) is 2.17. The fourth-order valence-corrected chi connectivity index (χ4v) is 1.66. The van der Waals surface area contributed by atoms with Crippen molar-refractivity contribution in [2.45, 2.75) is 44.7 Å². The zero-order valence-corrected chi connectivity index (χ0v) is 8.61. The predicted octanol–water partition coefficient (Wildman–Crippen LogP) is 0.890. The molecule has 0 radical (unpaired) electrons. The Hall–Kier alpha value is -0.900. The standard InChI is InChI=1S/C10H18N2O2/c1-2-14-10(13)7-12-9-6-4-3-5-8(9)11/h7-9H,2-6,11H2,1H3. The molecule has 0 amide bonds. The summed E-state index contributed by atoms with van der Waals surface area (Å²) in [5, 5.41) is 0. The third kappa shape index (κ3) is 3.46. The van der Waals surface area contributed by atoms with E-state index in [2.05, 4.69) is 4.99 Å². The van der Waals surface area contributed by atoms with Gasteiger partial charge in [-0.1, -0.05) is 12.8 Å². The highest BCUT2D eigenvalue weighted by molar-refractivity contribution is 6.23. The van der Waals surface area contributed by atoms with Gasteiger partial charge in [0.2, 0.25) is 0 Å². The van der Waals surface area contributed by atoms with E-state index in [1.807, 2.05) is 0 Å². The van der Waals surface area contributed by atoms with Crippen LogP contribution in [0.25, 0.3) is 0 Å². The highest BCUT2D eigenvalue weighted by Gasteiger charge is 2.20. The maximum Gasteiger partial charge on any atom is 0.348 e. The van der Waals surface area contributed by atoms with Crippen molar-refractivity contribution in [2.24, 2.45) is 10.7 Å². The summed E-state index contributed by atoms with van der Waals surface area (Å²) in [6, 6.07) is 0.211. The van der Waals surface area contributed by atoms with Gasteiger partial charge in [0.25, 0.3) is 0 Å². The van der Waals surface area contributed by atoms with Crippen LogP contribution in [-0.4, -0.2) is 30.9 Å². The Morgan fingerprint density at radius 3 is 2.93 bits per heavy atom. The third-order valence-corrected chi connectivity index (χ3v) is 2.44. The highest BCUT2D eigenvalue weighted by atomic mass is 16.5. The fraction of sp³-hybridized carbons (Fsp3) is 0.800. The third-order valence-electron chi connectivity index (χ3n) is 2.44. The highest BCUT2D eigenvalue weighted by Crippen LogP contribution is 2.19. The van der Waals surface area contributed by atoms with Crippen LogP contribution in [-0.2, 0) is 9.53 Å². The number of hydrogen-bond acceptors (Lipinski definition) is 4. The minimum Gasteiger partial charge on any atom is -0.462 e. The number of carbonyl (C=O) groups is 1. The molecule has 0 aromatic carbocycles. The van der Waals surface area contributed by atoms with Crippen LogP contribution in [0.2, 0.25) is 0 Å². The molecule has 0 spiro atoms. The first-order valence-electron chi connectivity index (χ1n) is 5.19. The fourth-order valence-electron chi connectivity index (χ4n) is 1.66. The monoisotopic (exact) mass is 198 g/mol. The van der Waals surface area contributed by atoms with Gasteiger partial charge in [-0.15, -0.1) is 0 Å². The van der Waals surface area contributed by atoms with Crippen molar-refractivity contribution >= 4 is 12.2 Å². The normalized spacial score (nSPS) is 27.9. The van der Waals surface area contributed by atoms with E-state index in [0.29, 0.717) is 6.61 Å². The lowest BCUT2D eigenvalue weighted by molar-refractivity contribution is -0.134. The first kappa shape index (κ1) is 11.2. The number of rotatable bonds is 3. The Morgan fingerprint density at radius 1 is 1.57 bits per heavy atom. The van der Waals surface area contributed by atoms with Crippen molar-refractivity contribution < 1.29 is 9.53 Å². The minimum atomic E-state index is -0.370. The van der Waals surface area contributed by atoms with E-state index in [1.165, 1.54) is 12.6 Å². The molecular weight excluding hydrogens is 180 g/mol. The number of ether oxygens (including phenoxy) is 1. The van der Waals surface area contributed by atoms with Crippen LogP contribution in [0.1, 0.15) is 32.6 Å². The van der Waals surface area contributed by atoms with Crippen LogP contribution in [0.15, 0.2) is 4.99 Å². The second-order valence-corrected chi connectivity index (χ2v) is 3.55. The summed E-state index contributed by atoms with van der Waals surface area (Å²) in [6.07, 6.45) is 5.58. The predicted molar refractivity (Wildman–Crippen MR) is 55.4 cm³/mol. The van der Waals surface area contributed by atoms with Gasteiger partial charge in [-0.3, -0.25) is 4.99 Å². The molecule has 0 aromatic heterocycles. The summed E-state index contributed by atoms with van der Waals surface area (Å²) in [4.78, 5) is 15.1. The van der Waals surface area contributed by atoms with Crippen LogP contribution >= 0.6 is 0 Å². The van der Waals surface area contributed by atoms with Crippen molar-refractivity contribution in [3.63, 3.8) is 0 Å². The topological polar surface area (TPSA) is 64.7 Å². The molecule has 1 saturated carbocycles. The summed E-state index contributed by atoms with van der Waals surface area (Å²) in [6.45, 7) is 2.17. The van der Waals surface area contributed by atoms with Crippen molar-refractivity contribution in [2.75, 3.05) is 6.61 Å². The van der Waals surface area contributed by atoms with E-state index in [9.17, 15) is 4.79 Å². The Balaban J connectivity index is 2.37. The van der Waals surface area contributed by atoms with Crippen molar-refractivity contribution in [3.8, 4) is 0 Å². The maximum absolute atomic E-state index is 11.0. The Morgan fingerprint density at radius 2 is 2.29 bits per heavy atom. The number of nitrogens with zero attached hydrogens (tertiary/aromatic N) is 1. The molecule has 80 valence electrons. The molecule has 4 nitrogen and oxygen atoms in total. The quantitative estimate of drug-likeness (QED) is 0.541. The minimum absolute atomic E-state index is 0.105. The molecule has 0 heterocycles. The van der Waals surface area contributed by atoms with E-state index in [4.69, 9.17) is 10.5 Å². The largest absolute Gasteiger partial charge is 0.462 e. The van der Waals surface area contributed by atoms with Gasteiger partial charge >= 0.3 is 5.97 Å². The average molecular weight is 198 g/mol. The molecule has 1 fully saturated rings. The van der Waals surface area contributed by atoms with E-state index >= 15 is 0 Å². The lowest BCUT2D eigenvalue weighted by Gasteiger charge is -2.24. The lowest BCUT2D eigenvalue weighted by Crippen LogP contribution is -2.36. The molecule has 0 aliphatic heterocycles. The second kappa shape index (κ2) is 5.75. The maximum atomic E-state index is 11.0. The van der Waals surface area contributed by atoms with Gasteiger partial charge in [-0.05, 0) is 19.8 Å². The Bertz CT molecular complexity index is 216. The lowest BCUT2D eigenvalue weighted by atomic mass is 9.91. The zero-order chi connectivity index (χ0) is 10.4. The molecule has 2 N–H and O–H groups in total. The number of carbonyl (C=O) groups excluding carboxylic acids is 1. The van der Waals surface area contributed by atoms with Crippen LogP contribution in [0.3, 0.4) is 0 Å². The van der Waals surface area contributed by atoms with E-state index in [-0.39, 0.29) is 18.1 Å². The van der Waals surface area contributed by atoms with Crippen molar-refractivity contribution in [1.29, 1.82) is 0 Å². The molecular formula is C10H18N2O2. The van der Waals surface area contributed by atoms with E-state index in [1.54, 1.807) is 6.92 Å². The van der Waals surface area contributed by atoms with Gasteiger partial charge in [-0.25, -0.2) is 4.79 Å². The van der Waals surface area contributed by atoms with E-state index < -0.39 is 0 Å². The molecule has 1 aliphatic rings. The molecule has 14 heavy (non-hydrogen) atoms. The number of aliphatic imine (C=N–C) groups is 1. The summed E-state index contributed by atoms with van der Waals surface area (Å²) >= 11 is 0. The molecule has 1 aliphatic carbocycles. The Labute approximate surface area is 84.5 Å². The van der Waals surface area contributed by atoms with Gasteiger partial charge in [0.1, 0.15) is 6.21 Å². The summed E-state index contributed by atoms with van der Waals surface area (Å²) in [5.41, 5.74) is 5.87. The molecule has 2 atom stereocenters. The SMILES string of the molecule is CCOC(=O)C=NC1CCCCC1N. The van der Waals surface area contributed by atoms with Crippen molar-refractivity contribution in [3.05, 3.63) is 0 Å². The molecule has 0 saturated heterocycles. The molecule has 1 rings (SSSR count). The first-order valence-corrected chi connectivity index (χ1v) is 5.19. The summed E-state index contributed by atoms with van der Waals surface area (Å²) < 4.78 is 4.74. The zero-order valence-electron chi connectivity index (χ0n) is 8.61. The summed E-state index contributed by atoms with van der Waals surface area (Å²) in [5.74, 6) is -0.370. The number of esters is 1. The van der Waals surface area contributed by atoms with Gasteiger partial charge in [-0.2, -0.15) is 0 Å². The first-order chi connectivity index (χ1) is 6.74. The molecule has 4 heteroatoms. The van der Waals surface area contributed by atoms with Gasteiger partial charge in [0, 0.05) is 6.04 Å². The molecule has 0 bridgehead atoms. The van der Waals surface area contributed by atoms with Crippen LogP contribution in [0, 0.1) is 0 Å². The van der Waals surface area contributed by atoms with Crippen LogP contribution in [0.5, 0.6) is 0 Å². The smallest absolute Gasteiger partial charge is 0.348 e. The second-order valence-electron chi connectivity index (χ2n) is 3.55. The van der Waals surface area contributed by atoms with Crippen molar-refractivity contribution in [1.82, 2.24) is 0 Å². The van der Waals surface area contributed by atoms with Crippen LogP contribution in [0.4, 0.5) is 0 Å². The molecule has 2 unspecified atom stereocenters. The number of hydrogen-bond donors (Lipinski definition) is 1. The summed E-state index contributed by atoms with van der Waals surface area (Å²) in [7, 11) is 0. The van der Waals surface area contributed by atoms with Gasteiger partial charge in [0.15, 0.2) is 0 Å². The molecule has 0 aromatic rings.